The van der Waals surface area contributed by atoms with Crippen LogP contribution in [0.4, 0.5) is 18.0 Å². The molecule has 1 fully saturated rings. The molecule has 4 heterocycles. The van der Waals surface area contributed by atoms with E-state index in [0.717, 1.165) is 23.5 Å². The first-order valence-electron chi connectivity index (χ1n) is 11.4. The number of urea groups is 1. The summed E-state index contributed by atoms with van der Waals surface area (Å²) in [6, 6.07) is 3.63. The molecule has 2 N–H and O–H groups in total. The minimum absolute atomic E-state index is 0.0132. The predicted octanol–water partition coefficient (Wildman–Crippen LogP) is 3.28. The molecule has 0 saturated carbocycles. The predicted molar refractivity (Wildman–Crippen MR) is 124 cm³/mol. The van der Waals surface area contributed by atoms with Gasteiger partial charge in [0, 0.05) is 43.9 Å². The fraction of sp³-hybridized carbons (Fsp3) is 0.333. The molecule has 3 aromatic rings. The minimum atomic E-state index is -0.721. The molecule has 1 atom stereocenters. The molecule has 12 heteroatoms. The van der Waals surface area contributed by atoms with Crippen LogP contribution in [0.3, 0.4) is 0 Å². The van der Waals surface area contributed by atoms with Crippen LogP contribution in [0.1, 0.15) is 29.3 Å². The highest BCUT2D eigenvalue weighted by atomic mass is 19.1. The zero-order chi connectivity index (χ0) is 25.6. The lowest BCUT2D eigenvalue weighted by Gasteiger charge is -2.41. The summed E-state index contributed by atoms with van der Waals surface area (Å²) >= 11 is 0. The number of nitrogens with two attached hydrogens (primary N) is 1. The molecule has 0 radical (unpaired) electrons. The zero-order valence-corrected chi connectivity index (χ0v) is 19.7. The van der Waals surface area contributed by atoms with Gasteiger partial charge in [-0.05, 0) is 24.6 Å². The first-order chi connectivity index (χ1) is 17.2. The van der Waals surface area contributed by atoms with Gasteiger partial charge < -0.3 is 15.4 Å². The van der Waals surface area contributed by atoms with E-state index in [2.05, 4.69) is 15.2 Å². The number of hydrogen-bond acceptors (Lipinski definition) is 6. The molecule has 5 rings (SSSR count). The summed E-state index contributed by atoms with van der Waals surface area (Å²) in [4.78, 5) is 18.6. The van der Waals surface area contributed by atoms with Crippen molar-refractivity contribution in [2.45, 2.75) is 32.0 Å². The summed E-state index contributed by atoms with van der Waals surface area (Å²) in [7, 11) is 1.76. The van der Waals surface area contributed by atoms with E-state index in [1.165, 1.54) is 34.3 Å². The second-order valence-corrected chi connectivity index (χ2v) is 8.77. The van der Waals surface area contributed by atoms with Gasteiger partial charge in [0.1, 0.15) is 17.7 Å². The SMILES string of the molecule is Cc1c(CN)nn(C)c1-c1cc(OC2CN(C(=O)N3N=CC[C@H]3c3cc(F)cc(F)c3)C2)c(F)cn1. The summed E-state index contributed by atoms with van der Waals surface area (Å²) in [6.45, 7) is 2.55. The Hall–Kier alpha value is -3.93. The molecule has 1 saturated heterocycles. The first kappa shape index (κ1) is 23.8. The van der Waals surface area contributed by atoms with Gasteiger partial charge in [-0.15, -0.1) is 0 Å². The van der Waals surface area contributed by atoms with Crippen molar-refractivity contribution in [2.24, 2.45) is 17.9 Å². The number of hydrogen-bond donors (Lipinski definition) is 1. The van der Waals surface area contributed by atoms with E-state index in [4.69, 9.17) is 10.5 Å². The van der Waals surface area contributed by atoms with Crippen molar-refractivity contribution in [3.8, 4) is 17.1 Å². The second kappa shape index (κ2) is 9.26. The molecule has 188 valence electrons. The van der Waals surface area contributed by atoms with E-state index in [9.17, 15) is 18.0 Å². The van der Waals surface area contributed by atoms with Crippen molar-refractivity contribution >= 4 is 12.2 Å². The number of amides is 2. The molecular formula is C24H24F3N7O2. The monoisotopic (exact) mass is 499 g/mol. The molecule has 0 unspecified atom stereocenters. The lowest BCUT2D eigenvalue weighted by atomic mass is 10.0. The van der Waals surface area contributed by atoms with E-state index in [0.29, 0.717) is 23.4 Å². The van der Waals surface area contributed by atoms with Gasteiger partial charge >= 0.3 is 6.03 Å². The fourth-order valence-electron chi connectivity index (χ4n) is 4.51. The van der Waals surface area contributed by atoms with Gasteiger partial charge in [-0.1, -0.05) is 0 Å². The van der Waals surface area contributed by atoms with E-state index >= 15 is 0 Å². The van der Waals surface area contributed by atoms with Gasteiger partial charge in [-0.3, -0.25) is 9.67 Å². The van der Waals surface area contributed by atoms with E-state index in [1.807, 2.05) is 6.92 Å². The molecule has 2 aliphatic rings. The summed E-state index contributed by atoms with van der Waals surface area (Å²) in [5, 5.41) is 9.66. The number of carbonyl (C=O) groups excluding carboxylic acids is 1. The topological polar surface area (TPSA) is 102 Å². The van der Waals surface area contributed by atoms with Crippen LogP contribution in [0.2, 0.25) is 0 Å². The Balaban J connectivity index is 1.26. The lowest BCUT2D eigenvalue weighted by molar-refractivity contribution is 0.0256. The molecule has 2 aromatic heterocycles. The Kier molecular flexibility index (Phi) is 6.12. The quantitative estimate of drug-likeness (QED) is 0.581. The smallest absolute Gasteiger partial charge is 0.341 e. The third-order valence-electron chi connectivity index (χ3n) is 6.35. The highest BCUT2D eigenvalue weighted by Crippen LogP contribution is 2.33. The number of pyridine rings is 1. The Morgan fingerprint density at radius 2 is 1.89 bits per heavy atom. The van der Waals surface area contributed by atoms with Crippen LogP contribution in [0, 0.1) is 24.4 Å². The van der Waals surface area contributed by atoms with Crippen LogP contribution >= 0.6 is 0 Å². The molecule has 1 aromatic carbocycles. The number of likely N-dealkylation sites (tertiary alicyclic amines) is 1. The van der Waals surface area contributed by atoms with Crippen LogP contribution in [-0.2, 0) is 13.6 Å². The van der Waals surface area contributed by atoms with Crippen molar-refractivity contribution < 1.29 is 22.7 Å². The minimum Gasteiger partial charge on any atom is -0.483 e. The van der Waals surface area contributed by atoms with Crippen LogP contribution in [0.5, 0.6) is 5.75 Å². The number of halogens is 3. The molecule has 0 spiro atoms. The summed E-state index contributed by atoms with van der Waals surface area (Å²) in [5.41, 5.74) is 8.82. The Labute approximate surface area is 205 Å². The van der Waals surface area contributed by atoms with E-state index < -0.39 is 35.6 Å². The number of ether oxygens (including phenoxy) is 1. The zero-order valence-electron chi connectivity index (χ0n) is 19.7. The van der Waals surface area contributed by atoms with Crippen molar-refractivity contribution in [1.29, 1.82) is 0 Å². The standard InChI is InChI=1S/C24H24F3N7O2/c1-13-20(9-28)31-32(2)23(13)19-8-22(18(27)10-29-19)36-17-11-33(12-17)24(35)34-21(3-4-30-34)14-5-15(25)7-16(26)6-14/h4-8,10,17,21H,3,9,11-12,28H2,1-2H3/t21-/m0/s1. The molecule has 0 aliphatic carbocycles. The van der Waals surface area contributed by atoms with Crippen molar-refractivity contribution in [3.63, 3.8) is 0 Å². The Bertz CT molecular complexity index is 1330. The average Bonchev–Trinajstić information content (AvgIpc) is 3.40. The largest absolute Gasteiger partial charge is 0.483 e. The molecule has 36 heavy (non-hydrogen) atoms. The van der Waals surface area contributed by atoms with Gasteiger partial charge in [0.15, 0.2) is 11.6 Å². The lowest BCUT2D eigenvalue weighted by Crippen LogP contribution is -2.58. The van der Waals surface area contributed by atoms with Crippen molar-refractivity contribution in [2.75, 3.05) is 13.1 Å². The highest BCUT2D eigenvalue weighted by Gasteiger charge is 2.39. The number of aryl methyl sites for hydroxylation is 1. The third kappa shape index (κ3) is 4.28. The molecule has 2 amide bonds. The van der Waals surface area contributed by atoms with Gasteiger partial charge in [-0.2, -0.15) is 10.2 Å². The van der Waals surface area contributed by atoms with E-state index in [-0.39, 0.29) is 25.4 Å². The number of hydrazone groups is 1. The molecule has 9 nitrogen and oxygen atoms in total. The van der Waals surface area contributed by atoms with Gasteiger partial charge in [0.05, 0.1) is 42.4 Å². The Morgan fingerprint density at radius 3 is 2.56 bits per heavy atom. The van der Waals surface area contributed by atoms with Crippen LogP contribution in [-0.4, -0.2) is 56.1 Å². The summed E-state index contributed by atoms with van der Waals surface area (Å²) in [5.74, 6) is -2.05. The molecule has 2 aliphatic heterocycles. The molecule has 0 bridgehead atoms. The summed E-state index contributed by atoms with van der Waals surface area (Å²) < 4.78 is 49.3. The summed E-state index contributed by atoms with van der Waals surface area (Å²) in [6.07, 6.45) is 2.51. The van der Waals surface area contributed by atoms with Crippen LogP contribution in [0.25, 0.3) is 11.4 Å². The number of nitrogens with zero attached hydrogens (tertiary/aromatic N) is 6. The maximum atomic E-state index is 14.5. The van der Waals surface area contributed by atoms with Crippen LogP contribution in [0.15, 0.2) is 35.6 Å². The highest BCUT2D eigenvalue weighted by molar-refractivity contribution is 5.79. The third-order valence-corrected chi connectivity index (χ3v) is 6.35. The maximum absolute atomic E-state index is 14.5. The maximum Gasteiger partial charge on any atom is 0.341 e. The Morgan fingerprint density at radius 1 is 1.17 bits per heavy atom. The first-order valence-corrected chi connectivity index (χ1v) is 11.4. The van der Waals surface area contributed by atoms with Gasteiger partial charge in [0.25, 0.3) is 0 Å². The second-order valence-electron chi connectivity index (χ2n) is 8.77. The fourth-order valence-corrected chi connectivity index (χ4v) is 4.51. The van der Waals surface area contributed by atoms with Crippen molar-refractivity contribution in [3.05, 3.63) is 64.7 Å². The van der Waals surface area contributed by atoms with Gasteiger partial charge in [0.2, 0.25) is 0 Å². The number of benzene rings is 1. The number of rotatable bonds is 5. The van der Waals surface area contributed by atoms with E-state index in [1.54, 1.807) is 11.7 Å². The normalized spacial score (nSPS) is 17.6. The van der Waals surface area contributed by atoms with Crippen LogP contribution < -0.4 is 10.5 Å². The number of carbonyl (C=O) groups is 1. The van der Waals surface area contributed by atoms with Gasteiger partial charge in [-0.25, -0.2) is 23.0 Å². The molecular weight excluding hydrogens is 475 g/mol. The number of aromatic nitrogens is 3. The average molecular weight is 499 g/mol. The van der Waals surface area contributed by atoms with Crippen molar-refractivity contribution in [1.82, 2.24) is 24.7 Å².